The fourth-order valence-corrected chi connectivity index (χ4v) is 4.49. The summed E-state index contributed by atoms with van der Waals surface area (Å²) in [5.74, 6) is 1.46. The summed E-state index contributed by atoms with van der Waals surface area (Å²) in [4.78, 5) is 24.7. The zero-order valence-corrected chi connectivity index (χ0v) is 21.3. The van der Waals surface area contributed by atoms with Gasteiger partial charge in [0.25, 0.3) is 5.91 Å². The number of nitrogens with one attached hydrogen (secondary N) is 1. The number of aromatic amines is 1. The molecule has 0 spiro atoms. The summed E-state index contributed by atoms with van der Waals surface area (Å²) in [6.07, 6.45) is 1.75. The smallest absolute Gasteiger partial charge is 0.260 e. The Hall–Kier alpha value is -4.77. The van der Waals surface area contributed by atoms with Crippen LogP contribution in [-0.4, -0.2) is 60.2 Å². The Kier molecular flexibility index (Phi) is 7.55. The van der Waals surface area contributed by atoms with E-state index in [-0.39, 0.29) is 12.5 Å². The maximum Gasteiger partial charge on any atom is 0.260 e. The molecule has 1 aliphatic heterocycles. The van der Waals surface area contributed by atoms with Crippen LogP contribution < -0.4 is 14.4 Å². The molecule has 1 amide bonds. The van der Waals surface area contributed by atoms with Crippen molar-refractivity contribution in [1.29, 1.82) is 5.26 Å². The molecule has 1 fully saturated rings. The van der Waals surface area contributed by atoms with Gasteiger partial charge in [0.05, 0.1) is 23.2 Å². The number of allylic oxidation sites excluding steroid dienone is 1. The highest BCUT2D eigenvalue weighted by molar-refractivity contribution is 5.90. The van der Waals surface area contributed by atoms with Crippen molar-refractivity contribution in [2.45, 2.75) is 6.92 Å². The Morgan fingerprint density at radius 3 is 2.50 bits per heavy atom. The van der Waals surface area contributed by atoms with Crippen LogP contribution >= 0.6 is 0 Å². The van der Waals surface area contributed by atoms with E-state index in [4.69, 9.17) is 9.47 Å². The van der Waals surface area contributed by atoms with Gasteiger partial charge in [-0.3, -0.25) is 4.79 Å². The summed E-state index contributed by atoms with van der Waals surface area (Å²) in [5, 5.41) is 9.76. The minimum atomic E-state index is -0.0664. The van der Waals surface area contributed by atoms with Crippen LogP contribution in [0.1, 0.15) is 18.3 Å². The predicted octanol–water partition coefficient (Wildman–Crippen LogP) is 4.75. The van der Waals surface area contributed by atoms with Crippen molar-refractivity contribution in [2.24, 2.45) is 0 Å². The molecule has 2 heterocycles. The average molecular weight is 508 g/mol. The minimum Gasteiger partial charge on any atom is -0.490 e. The molecule has 1 aliphatic rings. The molecular formula is C30H29N5O3. The van der Waals surface area contributed by atoms with Gasteiger partial charge in [-0.25, -0.2) is 4.98 Å². The standard InChI is InChI=1S/C30H29N5O3/c1-2-37-28-19-22(18-23(20-31)30-32-25-10-6-7-11-26(25)33-30)12-13-27(28)38-21-29(36)35-16-14-34(15-17-35)24-8-4-3-5-9-24/h3-13,18-19H,2,14-17,21H2,1H3,(H,32,33)/b23-18+. The first kappa shape index (κ1) is 24.9. The molecule has 8 nitrogen and oxygen atoms in total. The molecule has 5 rings (SSSR count). The van der Waals surface area contributed by atoms with Crippen molar-refractivity contribution >= 4 is 34.3 Å². The quantitative estimate of drug-likeness (QED) is 0.346. The van der Waals surface area contributed by atoms with E-state index in [1.54, 1.807) is 12.1 Å². The second-order valence-corrected chi connectivity index (χ2v) is 8.90. The van der Waals surface area contributed by atoms with E-state index in [2.05, 4.69) is 33.1 Å². The van der Waals surface area contributed by atoms with Gasteiger partial charge < -0.3 is 24.3 Å². The van der Waals surface area contributed by atoms with Gasteiger partial charge in [-0.1, -0.05) is 36.4 Å². The number of amides is 1. The second kappa shape index (κ2) is 11.5. The Morgan fingerprint density at radius 2 is 1.76 bits per heavy atom. The Morgan fingerprint density at radius 1 is 1.00 bits per heavy atom. The number of carbonyl (C=O) groups is 1. The number of nitriles is 1. The van der Waals surface area contributed by atoms with Gasteiger partial charge >= 0.3 is 0 Å². The van der Waals surface area contributed by atoms with Crippen LogP contribution in [0.25, 0.3) is 22.7 Å². The zero-order chi connectivity index (χ0) is 26.3. The van der Waals surface area contributed by atoms with Gasteiger partial charge in [0.1, 0.15) is 11.9 Å². The number of ether oxygens (including phenoxy) is 2. The van der Waals surface area contributed by atoms with Crippen LogP contribution in [0.2, 0.25) is 0 Å². The van der Waals surface area contributed by atoms with Crippen molar-refractivity contribution in [3.63, 3.8) is 0 Å². The van der Waals surface area contributed by atoms with Gasteiger partial charge in [0.15, 0.2) is 18.1 Å². The van der Waals surface area contributed by atoms with Crippen molar-refractivity contribution in [3.05, 3.63) is 84.2 Å². The third kappa shape index (κ3) is 5.62. The highest BCUT2D eigenvalue weighted by Gasteiger charge is 2.22. The number of imidazole rings is 1. The summed E-state index contributed by atoms with van der Waals surface area (Å²) >= 11 is 0. The molecule has 8 heteroatoms. The normalized spacial score (nSPS) is 13.8. The molecule has 3 aromatic carbocycles. The summed E-state index contributed by atoms with van der Waals surface area (Å²) in [7, 11) is 0. The van der Waals surface area contributed by atoms with Crippen LogP contribution in [0, 0.1) is 11.3 Å². The third-order valence-electron chi connectivity index (χ3n) is 6.45. The van der Waals surface area contributed by atoms with E-state index in [1.165, 1.54) is 5.69 Å². The highest BCUT2D eigenvalue weighted by Crippen LogP contribution is 2.30. The lowest BCUT2D eigenvalue weighted by molar-refractivity contribution is -0.133. The number of aromatic nitrogens is 2. The number of H-pyrrole nitrogens is 1. The van der Waals surface area contributed by atoms with Crippen molar-refractivity contribution in [1.82, 2.24) is 14.9 Å². The molecule has 1 saturated heterocycles. The van der Waals surface area contributed by atoms with Gasteiger partial charge in [-0.2, -0.15) is 5.26 Å². The summed E-state index contributed by atoms with van der Waals surface area (Å²) < 4.78 is 11.7. The largest absolute Gasteiger partial charge is 0.490 e. The van der Waals surface area contributed by atoms with Crippen molar-refractivity contribution < 1.29 is 14.3 Å². The number of rotatable bonds is 8. The molecule has 0 saturated carbocycles. The second-order valence-electron chi connectivity index (χ2n) is 8.90. The van der Waals surface area contributed by atoms with Gasteiger partial charge in [0, 0.05) is 31.9 Å². The van der Waals surface area contributed by atoms with E-state index in [9.17, 15) is 10.1 Å². The maximum absolute atomic E-state index is 12.9. The molecule has 0 radical (unpaired) electrons. The third-order valence-corrected chi connectivity index (χ3v) is 6.45. The average Bonchev–Trinajstić information content (AvgIpc) is 3.40. The number of hydrogen-bond donors (Lipinski definition) is 1. The summed E-state index contributed by atoms with van der Waals surface area (Å²) in [6.45, 7) is 5.13. The van der Waals surface area contributed by atoms with Crippen LogP contribution in [0.4, 0.5) is 5.69 Å². The first-order valence-corrected chi connectivity index (χ1v) is 12.7. The number of anilines is 1. The predicted molar refractivity (Wildman–Crippen MR) is 148 cm³/mol. The SMILES string of the molecule is CCOc1cc(/C=C(\C#N)c2nc3ccccc3[nH]2)ccc1OCC(=O)N1CCN(c2ccccc2)CC1. The molecule has 1 N–H and O–H groups in total. The lowest BCUT2D eigenvalue weighted by Crippen LogP contribution is -2.50. The summed E-state index contributed by atoms with van der Waals surface area (Å²) in [6, 6.07) is 25.5. The Bertz CT molecular complexity index is 1450. The summed E-state index contributed by atoms with van der Waals surface area (Å²) in [5.41, 5.74) is 4.01. The molecule has 38 heavy (non-hydrogen) atoms. The van der Waals surface area contributed by atoms with Crippen LogP contribution in [0.3, 0.4) is 0 Å². The molecular weight excluding hydrogens is 478 g/mol. The van der Waals surface area contributed by atoms with E-state index >= 15 is 0 Å². The fraction of sp³-hybridized carbons (Fsp3) is 0.233. The van der Waals surface area contributed by atoms with Gasteiger partial charge in [-0.05, 0) is 55.0 Å². The number of carbonyl (C=O) groups excluding carboxylic acids is 1. The fourth-order valence-electron chi connectivity index (χ4n) is 4.49. The molecule has 0 unspecified atom stereocenters. The van der Waals surface area contributed by atoms with Gasteiger partial charge in [-0.15, -0.1) is 0 Å². The first-order chi connectivity index (χ1) is 18.6. The number of fused-ring (bicyclic) bond motifs is 1. The monoisotopic (exact) mass is 507 g/mol. The van der Waals surface area contributed by atoms with E-state index in [0.717, 1.165) is 29.7 Å². The maximum atomic E-state index is 12.9. The van der Waals surface area contributed by atoms with Crippen LogP contribution in [0.15, 0.2) is 72.8 Å². The van der Waals surface area contributed by atoms with E-state index < -0.39 is 0 Å². The molecule has 192 valence electrons. The van der Waals surface area contributed by atoms with E-state index in [0.29, 0.717) is 42.6 Å². The van der Waals surface area contributed by atoms with Gasteiger partial charge in [0.2, 0.25) is 0 Å². The van der Waals surface area contributed by atoms with Crippen molar-refractivity contribution in [2.75, 3.05) is 44.3 Å². The van der Waals surface area contributed by atoms with E-state index in [1.807, 2.05) is 66.4 Å². The Labute approximate surface area is 221 Å². The number of benzene rings is 3. The zero-order valence-electron chi connectivity index (χ0n) is 21.3. The molecule has 0 bridgehead atoms. The lowest BCUT2D eigenvalue weighted by atomic mass is 10.1. The topological polar surface area (TPSA) is 94.5 Å². The number of piperazine rings is 1. The molecule has 1 aromatic heterocycles. The number of hydrogen-bond acceptors (Lipinski definition) is 6. The Balaban J connectivity index is 1.24. The number of para-hydroxylation sites is 3. The number of nitrogens with zero attached hydrogens (tertiary/aromatic N) is 4. The van der Waals surface area contributed by atoms with Crippen LogP contribution in [-0.2, 0) is 4.79 Å². The minimum absolute atomic E-state index is 0.0548. The molecule has 4 aromatic rings. The first-order valence-electron chi connectivity index (χ1n) is 12.7. The molecule has 0 atom stereocenters. The van der Waals surface area contributed by atoms with Crippen LogP contribution in [0.5, 0.6) is 11.5 Å². The highest BCUT2D eigenvalue weighted by atomic mass is 16.5. The lowest BCUT2D eigenvalue weighted by Gasteiger charge is -2.36. The molecule has 0 aliphatic carbocycles. The van der Waals surface area contributed by atoms with Crippen molar-refractivity contribution in [3.8, 4) is 17.6 Å².